The Hall–Kier alpha value is -0.550. The Morgan fingerprint density at radius 3 is 3.00 bits per heavy atom. The lowest BCUT2D eigenvalue weighted by atomic mass is 10.0. The minimum absolute atomic E-state index is 0.868. The average molecular weight is 226 g/mol. The van der Waals surface area contributed by atoms with Crippen LogP contribution in [-0.4, -0.2) is 33.0 Å². The summed E-state index contributed by atoms with van der Waals surface area (Å²) in [5, 5.41) is 11.3. The number of hydrogen-bond acceptors (Lipinski definition) is 4. The molecule has 0 saturated carbocycles. The third-order valence-electron chi connectivity index (χ3n) is 2.89. The van der Waals surface area contributed by atoms with Gasteiger partial charge in [-0.25, -0.2) is 0 Å². The van der Waals surface area contributed by atoms with Gasteiger partial charge in [-0.3, -0.25) is 4.68 Å². The number of nitrogens with zero attached hydrogens (tertiary/aromatic N) is 3. The van der Waals surface area contributed by atoms with Gasteiger partial charge >= 0.3 is 0 Å². The average Bonchev–Trinajstić information content (AvgIpc) is 2.66. The lowest BCUT2D eigenvalue weighted by Gasteiger charge is -2.21. The molecule has 0 bridgehead atoms. The lowest BCUT2D eigenvalue weighted by molar-refractivity contribution is 0.443. The fourth-order valence-electron chi connectivity index (χ4n) is 1.83. The van der Waals surface area contributed by atoms with Crippen LogP contribution in [0.2, 0.25) is 0 Å². The van der Waals surface area contributed by atoms with Crippen LogP contribution in [0, 0.1) is 5.92 Å². The Balaban J connectivity index is 1.68. The summed E-state index contributed by atoms with van der Waals surface area (Å²) in [5.41, 5.74) is 1.15. The van der Waals surface area contributed by atoms with Gasteiger partial charge < -0.3 is 5.32 Å². The maximum atomic E-state index is 3.91. The quantitative estimate of drug-likeness (QED) is 0.833. The molecule has 1 fully saturated rings. The van der Waals surface area contributed by atoms with Gasteiger partial charge in [0.05, 0.1) is 11.9 Å². The van der Waals surface area contributed by atoms with Crippen molar-refractivity contribution in [1.29, 1.82) is 0 Å². The predicted molar refractivity (Wildman–Crippen MR) is 62.8 cm³/mol. The van der Waals surface area contributed by atoms with E-state index in [4.69, 9.17) is 0 Å². The van der Waals surface area contributed by atoms with Crippen LogP contribution in [0.3, 0.4) is 0 Å². The number of aromatic nitrogens is 3. The van der Waals surface area contributed by atoms with Crippen molar-refractivity contribution >= 4 is 11.8 Å². The zero-order valence-electron chi connectivity index (χ0n) is 9.15. The minimum atomic E-state index is 0.868. The first kappa shape index (κ1) is 11.0. The van der Waals surface area contributed by atoms with Crippen LogP contribution in [-0.2, 0) is 13.6 Å². The van der Waals surface area contributed by atoms with E-state index >= 15 is 0 Å². The molecule has 1 aromatic heterocycles. The van der Waals surface area contributed by atoms with Gasteiger partial charge in [-0.1, -0.05) is 5.21 Å². The minimum Gasteiger partial charge on any atom is -0.311 e. The van der Waals surface area contributed by atoms with Crippen molar-refractivity contribution in [3.8, 4) is 0 Å². The zero-order valence-corrected chi connectivity index (χ0v) is 9.96. The van der Waals surface area contributed by atoms with E-state index in [1.54, 1.807) is 0 Å². The molecule has 84 valence electrons. The number of rotatable bonds is 4. The van der Waals surface area contributed by atoms with Crippen molar-refractivity contribution in [1.82, 2.24) is 20.3 Å². The van der Waals surface area contributed by atoms with Crippen LogP contribution in [0.25, 0.3) is 0 Å². The van der Waals surface area contributed by atoms with E-state index in [2.05, 4.69) is 27.4 Å². The zero-order chi connectivity index (χ0) is 10.5. The highest BCUT2D eigenvalue weighted by Crippen LogP contribution is 2.21. The van der Waals surface area contributed by atoms with Crippen molar-refractivity contribution in [3.05, 3.63) is 11.9 Å². The topological polar surface area (TPSA) is 42.7 Å². The summed E-state index contributed by atoms with van der Waals surface area (Å²) in [5.74, 6) is 3.53. The second-order valence-corrected chi connectivity index (χ2v) is 5.26. The third kappa shape index (κ3) is 3.21. The fourth-order valence-corrected chi connectivity index (χ4v) is 3.03. The normalized spacial score (nSPS) is 18.2. The Bertz CT molecular complexity index is 293. The molecule has 0 radical (unpaired) electrons. The molecule has 0 atom stereocenters. The summed E-state index contributed by atoms with van der Waals surface area (Å²) in [7, 11) is 1.93. The SMILES string of the molecule is Cn1nncc1CNCC1CCSCC1. The first-order chi connectivity index (χ1) is 7.36. The van der Waals surface area contributed by atoms with Crippen molar-refractivity contribution in [2.24, 2.45) is 13.0 Å². The maximum absolute atomic E-state index is 3.91. The van der Waals surface area contributed by atoms with Crippen molar-refractivity contribution in [2.75, 3.05) is 18.1 Å². The number of thioether (sulfide) groups is 1. The molecule has 4 nitrogen and oxygen atoms in total. The first-order valence-corrected chi connectivity index (χ1v) is 6.64. The summed E-state index contributed by atoms with van der Waals surface area (Å²) in [4.78, 5) is 0. The monoisotopic (exact) mass is 226 g/mol. The highest BCUT2D eigenvalue weighted by molar-refractivity contribution is 7.99. The molecule has 1 aliphatic heterocycles. The van der Waals surface area contributed by atoms with Crippen LogP contribution >= 0.6 is 11.8 Å². The van der Waals surface area contributed by atoms with Crippen LogP contribution in [0.15, 0.2) is 6.20 Å². The fraction of sp³-hybridized carbons (Fsp3) is 0.800. The van der Waals surface area contributed by atoms with E-state index in [1.165, 1.54) is 24.3 Å². The molecule has 15 heavy (non-hydrogen) atoms. The van der Waals surface area contributed by atoms with E-state index < -0.39 is 0 Å². The van der Waals surface area contributed by atoms with Gasteiger partial charge in [0.25, 0.3) is 0 Å². The van der Waals surface area contributed by atoms with E-state index in [-0.39, 0.29) is 0 Å². The van der Waals surface area contributed by atoms with E-state index in [0.717, 1.165) is 24.7 Å². The van der Waals surface area contributed by atoms with Crippen molar-refractivity contribution in [3.63, 3.8) is 0 Å². The highest BCUT2D eigenvalue weighted by atomic mass is 32.2. The molecule has 1 aromatic rings. The molecule has 0 aliphatic carbocycles. The lowest BCUT2D eigenvalue weighted by Crippen LogP contribution is -2.26. The van der Waals surface area contributed by atoms with E-state index in [0.29, 0.717) is 0 Å². The molecule has 2 heterocycles. The third-order valence-corrected chi connectivity index (χ3v) is 3.94. The highest BCUT2D eigenvalue weighted by Gasteiger charge is 2.13. The second kappa shape index (κ2) is 5.51. The molecule has 1 saturated heterocycles. The smallest absolute Gasteiger partial charge is 0.0738 e. The first-order valence-electron chi connectivity index (χ1n) is 5.48. The molecule has 1 N–H and O–H groups in total. The molecular weight excluding hydrogens is 208 g/mol. The van der Waals surface area contributed by atoms with E-state index in [9.17, 15) is 0 Å². The van der Waals surface area contributed by atoms with Gasteiger partial charge in [-0.15, -0.1) is 5.10 Å². The van der Waals surface area contributed by atoms with E-state index in [1.807, 2.05) is 17.9 Å². The molecule has 5 heteroatoms. The van der Waals surface area contributed by atoms with Crippen LogP contribution < -0.4 is 5.32 Å². The molecular formula is C10H18N4S. The number of aryl methyl sites for hydroxylation is 1. The predicted octanol–water partition coefficient (Wildman–Crippen LogP) is 1.05. The summed E-state index contributed by atoms with van der Waals surface area (Å²) in [6.07, 6.45) is 4.55. The van der Waals surface area contributed by atoms with Gasteiger partial charge in [0.15, 0.2) is 0 Å². The number of nitrogens with one attached hydrogen (secondary N) is 1. The van der Waals surface area contributed by atoms with Crippen LogP contribution in [0.1, 0.15) is 18.5 Å². The van der Waals surface area contributed by atoms with Gasteiger partial charge in [0.1, 0.15) is 0 Å². The second-order valence-electron chi connectivity index (χ2n) is 4.04. The van der Waals surface area contributed by atoms with Crippen molar-refractivity contribution in [2.45, 2.75) is 19.4 Å². The Labute approximate surface area is 94.8 Å². The maximum Gasteiger partial charge on any atom is 0.0738 e. The largest absolute Gasteiger partial charge is 0.311 e. The molecule has 1 aliphatic rings. The summed E-state index contributed by atoms with van der Waals surface area (Å²) in [6, 6.07) is 0. The van der Waals surface area contributed by atoms with Gasteiger partial charge in [-0.2, -0.15) is 11.8 Å². The summed E-state index contributed by atoms with van der Waals surface area (Å²) >= 11 is 2.08. The Morgan fingerprint density at radius 2 is 2.33 bits per heavy atom. The molecule has 2 rings (SSSR count). The molecule has 0 aromatic carbocycles. The molecule has 0 spiro atoms. The molecule has 0 amide bonds. The van der Waals surface area contributed by atoms with Gasteiger partial charge in [0.2, 0.25) is 0 Å². The van der Waals surface area contributed by atoms with Crippen LogP contribution in [0.4, 0.5) is 0 Å². The van der Waals surface area contributed by atoms with Gasteiger partial charge in [0, 0.05) is 13.6 Å². The summed E-state index contributed by atoms with van der Waals surface area (Å²) < 4.78 is 1.82. The van der Waals surface area contributed by atoms with Crippen molar-refractivity contribution < 1.29 is 0 Å². The van der Waals surface area contributed by atoms with Crippen LogP contribution in [0.5, 0.6) is 0 Å². The standard InChI is InChI=1S/C10H18N4S/c1-14-10(8-12-13-14)7-11-6-9-2-4-15-5-3-9/h8-9,11H,2-7H2,1H3. The van der Waals surface area contributed by atoms with Gasteiger partial charge in [-0.05, 0) is 36.8 Å². The Kier molecular flexibility index (Phi) is 4.02. The summed E-state index contributed by atoms with van der Waals surface area (Å²) in [6.45, 7) is 2.01. The Morgan fingerprint density at radius 1 is 1.53 bits per heavy atom. The molecule has 0 unspecified atom stereocenters. The number of hydrogen-bond donors (Lipinski definition) is 1.